The fourth-order valence-corrected chi connectivity index (χ4v) is 0.937. The molecule has 82 valence electrons. The van der Waals surface area contributed by atoms with E-state index >= 15 is 0 Å². The third kappa shape index (κ3) is 3.65. The molecule has 0 N–H and O–H groups in total. The molecule has 0 saturated carbocycles. The summed E-state index contributed by atoms with van der Waals surface area (Å²) in [6.07, 6.45) is 1.57. The summed E-state index contributed by atoms with van der Waals surface area (Å²) in [4.78, 5) is 4.78. The van der Waals surface area contributed by atoms with Crippen LogP contribution in [0.3, 0.4) is 0 Å². The lowest BCUT2D eigenvalue weighted by molar-refractivity contribution is 0.125. The molecule has 2 nitrogen and oxygen atoms in total. The number of nitrogens with zero attached hydrogens (tertiary/aromatic N) is 1. The summed E-state index contributed by atoms with van der Waals surface area (Å²) in [6, 6.07) is 3.69. The third-order valence-corrected chi connectivity index (χ3v) is 1.70. The Kier molecular flexibility index (Phi) is 4.21. The molecule has 0 fully saturated rings. The molecule has 0 atom stereocenters. The molecule has 0 heterocycles. The van der Waals surface area contributed by atoms with Gasteiger partial charge < -0.3 is 4.84 Å². The van der Waals surface area contributed by atoms with E-state index in [0.29, 0.717) is 0 Å². The molecule has 0 unspecified atom stereocenters. The Balaban J connectivity index is 2.58. The number of hydrogen-bond donors (Lipinski definition) is 0. The smallest absolute Gasteiger partial charge is 0.147 e. The number of benzene rings is 1. The highest BCUT2D eigenvalue weighted by molar-refractivity contribution is 5.58. The molecular formula is C11H13F2NO. The Morgan fingerprint density at radius 3 is 2.47 bits per heavy atom. The van der Waals surface area contributed by atoms with Crippen LogP contribution in [0.1, 0.15) is 19.4 Å². The zero-order chi connectivity index (χ0) is 11.3. The number of halogens is 2. The summed E-state index contributed by atoms with van der Waals surface area (Å²) < 4.78 is 26.1. The van der Waals surface area contributed by atoms with E-state index in [0.717, 1.165) is 0 Å². The Morgan fingerprint density at radius 2 is 1.93 bits per heavy atom. The molecule has 1 rings (SSSR count). The highest BCUT2D eigenvalue weighted by atomic mass is 19.1. The van der Waals surface area contributed by atoms with Gasteiger partial charge in [-0.1, -0.05) is 25.1 Å². The average Bonchev–Trinajstić information content (AvgIpc) is 2.15. The Labute approximate surface area is 87.6 Å². The van der Waals surface area contributed by atoms with E-state index in [-0.39, 0.29) is 18.1 Å². The second-order valence-electron chi connectivity index (χ2n) is 3.47. The Bertz CT molecular complexity index is 330. The van der Waals surface area contributed by atoms with Crippen molar-refractivity contribution in [2.75, 3.05) is 0 Å². The SMILES string of the molecule is CC(C)C=NOCc1c(F)cccc1F. The Morgan fingerprint density at radius 1 is 1.33 bits per heavy atom. The molecule has 0 radical (unpaired) electrons. The highest BCUT2D eigenvalue weighted by Crippen LogP contribution is 2.12. The summed E-state index contributed by atoms with van der Waals surface area (Å²) in [5.41, 5.74) is -0.0987. The predicted molar refractivity (Wildman–Crippen MR) is 54.5 cm³/mol. The van der Waals surface area contributed by atoms with Gasteiger partial charge in [0.2, 0.25) is 0 Å². The van der Waals surface area contributed by atoms with E-state index in [2.05, 4.69) is 5.16 Å². The standard InChI is InChI=1S/C11H13F2NO/c1-8(2)6-14-15-7-9-10(12)4-3-5-11(9)13/h3-6,8H,7H2,1-2H3. The molecule has 0 bridgehead atoms. The topological polar surface area (TPSA) is 21.6 Å². The van der Waals surface area contributed by atoms with Crippen molar-refractivity contribution in [3.8, 4) is 0 Å². The molecule has 0 aliphatic rings. The zero-order valence-electron chi connectivity index (χ0n) is 8.71. The van der Waals surface area contributed by atoms with Gasteiger partial charge in [-0.2, -0.15) is 0 Å². The van der Waals surface area contributed by atoms with Crippen molar-refractivity contribution in [1.82, 2.24) is 0 Å². The van der Waals surface area contributed by atoms with Crippen molar-refractivity contribution in [1.29, 1.82) is 0 Å². The van der Waals surface area contributed by atoms with Gasteiger partial charge in [-0.15, -0.1) is 0 Å². The van der Waals surface area contributed by atoms with Crippen LogP contribution in [0, 0.1) is 17.6 Å². The fourth-order valence-electron chi connectivity index (χ4n) is 0.937. The Hall–Kier alpha value is -1.45. The molecule has 0 aliphatic heterocycles. The van der Waals surface area contributed by atoms with Crippen LogP contribution in [0.4, 0.5) is 8.78 Å². The van der Waals surface area contributed by atoms with E-state index in [1.165, 1.54) is 18.2 Å². The van der Waals surface area contributed by atoms with E-state index in [1.54, 1.807) is 6.21 Å². The van der Waals surface area contributed by atoms with Crippen molar-refractivity contribution in [3.05, 3.63) is 35.4 Å². The first-order valence-corrected chi connectivity index (χ1v) is 4.69. The summed E-state index contributed by atoms with van der Waals surface area (Å²) in [7, 11) is 0. The van der Waals surface area contributed by atoms with Gasteiger partial charge >= 0.3 is 0 Å². The molecule has 0 spiro atoms. The van der Waals surface area contributed by atoms with Crippen molar-refractivity contribution in [3.63, 3.8) is 0 Å². The van der Waals surface area contributed by atoms with Gasteiger partial charge in [-0.25, -0.2) is 8.78 Å². The first-order valence-electron chi connectivity index (χ1n) is 4.69. The van der Waals surface area contributed by atoms with E-state index in [4.69, 9.17) is 4.84 Å². The lowest BCUT2D eigenvalue weighted by Gasteiger charge is -2.03. The zero-order valence-corrected chi connectivity index (χ0v) is 8.71. The molecular weight excluding hydrogens is 200 g/mol. The predicted octanol–water partition coefficient (Wildman–Crippen LogP) is 3.12. The minimum absolute atomic E-state index is 0.0987. The number of rotatable bonds is 4. The van der Waals surface area contributed by atoms with E-state index in [9.17, 15) is 8.78 Å². The van der Waals surface area contributed by atoms with Crippen LogP contribution in [0.15, 0.2) is 23.4 Å². The van der Waals surface area contributed by atoms with Crippen LogP contribution in [0.2, 0.25) is 0 Å². The monoisotopic (exact) mass is 213 g/mol. The molecule has 0 aromatic heterocycles. The minimum Gasteiger partial charge on any atom is -0.391 e. The maximum absolute atomic E-state index is 13.1. The molecule has 0 amide bonds. The van der Waals surface area contributed by atoms with Crippen molar-refractivity contribution in [2.24, 2.45) is 11.1 Å². The molecule has 0 aliphatic carbocycles. The van der Waals surface area contributed by atoms with Crippen LogP contribution in [0.25, 0.3) is 0 Å². The molecule has 1 aromatic carbocycles. The molecule has 4 heteroatoms. The van der Waals surface area contributed by atoms with Crippen molar-refractivity contribution < 1.29 is 13.6 Å². The third-order valence-electron chi connectivity index (χ3n) is 1.70. The summed E-state index contributed by atoms with van der Waals surface area (Å²) in [5, 5.41) is 3.59. The minimum atomic E-state index is -0.616. The van der Waals surface area contributed by atoms with Gasteiger partial charge in [0.15, 0.2) is 0 Å². The van der Waals surface area contributed by atoms with Crippen LogP contribution in [-0.4, -0.2) is 6.21 Å². The van der Waals surface area contributed by atoms with Crippen LogP contribution >= 0.6 is 0 Å². The van der Waals surface area contributed by atoms with Crippen LogP contribution < -0.4 is 0 Å². The lowest BCUT2D eigenvalue weighted by Crippen LogP contribution is -1.97. The van der Waals surface area contributed by atoms with Crippen molar-refractivity contribution >= 4 is 6.21 Å². The van der Waals surface area contributed by atoms with E-state index < -0.39 is 11.6 Å². The van der Waals surface area contributed by atoms with Crippen molar-refractivity contribution in [2.45, 2.75) is 20.5 Å². The first kappa shape index (κ1) is 11.6. The maximum atomic E-state index is 13.1. The van der Waals surface area contributed by atoms with Gasteiger partial charge in [0.25, 0.3) is 0 Å². The second kappa shape index (κ2) is 5.44. The number of hydrogen-bond acceptors (Lipinski definition) is 2. The fraction of sp³-hybridized carbons (Fsp3) is 0.364. The summed E-state index contributed by atoms with van der Waals surface area (Å²) >= 11 is 0. The molecule has 0 saturated heterocycles. The largest absolute Gasteiger partial charge is 0.391 e. The van der Waals surface area contributed by atoms with Gasteiger partial charge in [0, 0.05) is 6.21 Å². The normalized spacial score (nSPS) is 11.3. The van der Waals surface area contributed by atoms with Gasteiger partial charge in [0.1, 0.15) is 18.2 Å². The molecule has 15 heavy (non-hydrogen) atoms. The average molecular weight is 213 g/mol. The molecule has 1 aromatic rings. The van der Waals surface area contributed by atoms with Gasteiger partial charge in [-0.3, -0.25) is 0 Å². The number of oxime groups is 1. The first-order chi connectivity index (χ1) is 7.11. The van der Waals surface area contributed by atoms with E-state index in [1.807, 2.05) is 13.8 Å². The van der Waals surface area contributed by atoms with Crippen LogP contribution in [-0.2, 0) is 11.4 Å². The lowest BCUT2D eigenvalue weighted by atomic mass is 10.2. The van der Waals surface area contributed by atoms with Crippen LogP contribution in [0.5, 0.6) is 0 Å². The summed E-state index contributed by atoms with van der Waals surface area (Å²) in [5.74, 6) is -0.986. The quantitative estimate of drug-likeness (QED) is 0.556. The second-order valence-corrected chi connectivity index (χ2v) is 3.47. The van der Waals surface area contributed by atoms with Gasteiger partial charge in [-0.05, 0) is 18.1 Å². The van der Waals surface area contributed by atoms with Gasteiger partial charge in [0.05, 0.1) is 5.56 Å². The highest BCUT2D eigenvalue weighted by Gasteiger charge is 2.07. The summed E-state index contributed by atoms with van der Waals surface area (Å²) in [6.45, 7) is 3.66. The maximum Gasteiger partial charge on any atom is 0.147 e.